The summed E-state index contributed by atoms with van der Waals surface area (Å²) in [6, 6.07) is 18.8. The minimum absolute atomic E-state index is 0.262. The number of hydrogen-bond acceptors (Lipinski definition) is 3. The number of benzene rings is 2. The van der Waals surface area contributed by atoms with E-state index in [4.69, 9.17) is 4.42 Å². The van der Waals surface area contributed by atoms with Crippen LogP contribution in [-0.2, 0) is 6.42 Å². The lowest BCUT2D eigenvalue weighted by atomic mass is 10.0. The molecular weight excluding hydrogens is 302 g/mol. The zero-order valence-corrected chi connectivity index (χ0v) is 13.0. The Hall–Kier alpha value is -2.85. The van der Waals surface area contributed by atoms with Gasteiger partial charge in [0.1, 0.15) is 0 Å². The number of amides is 1. The molecule has 0 saturated heterocycles. The highest BCUT2D eigenvalue weighted by molar-refractivity contribution is 5.98. The number of rotatable bonds is 3. The van der Waals surface area contributed by atoms with E-state index in [0.717, 1.165) is 22.3 Å². The van der Waals surface area contributed by atoms with Crippen LogP contribution in [0.1, 0.15) is 27.7 Å². The van der Waals surface area contributed by atoms with Gasteiger partial charge >= 0.3 is 0 Å². The molecule has 2 unspecified atom stereocenters. The Bertz CT molecular complexity index is 869. The molecule has 24 heavy (non-hydrogen) atoms. The van der Waals surface area contributed by atoms with Crippen LogP contribution in [0.25, 0.3) is 11.1 Å². The highest BCUT2D eigenvalue weighted by Crippen LogP contribution is 2.32. The average molecular weight is 319 g/mol. The fourth-order valence-corrected chi connectivity index (χ4v) is 3.28. The molecule has 0 aliphatic heterocycles. The highest BCUT2D eigenvalue weighted by Gasteiger charge is 2.33. The van der Waals surface area contributed by atoms with E-state index in [2.05, 4.69) is 5.32 Å². The predicted octanol–water partition coefficient (Wildman–Crippen LogP) is 3.33. The van der Waals surface area contributed by atoms with Crippen molar-refractivity contribution in [2.75, 3.05) is 0 Å². The molecule has 0 bridgehead atoms. The van der Waals surface area contributed by atoms with Gasteiger partial charge in [0.15, 0.2) is 5.76 Å². The second-order valence-corrected chi connectivity index (χ2v) is 5.95. The molecule has 4 nitrogen and oxygen atoms in total. The zero-order valence-electron chi connectivity index (χ0n) is 13.0. The van der Waals surface area contributed by atoms with E-state index in [1.54, 1.807) is 6.07 Å². The summed E-state index contributed by atoms with van der Waals surface area (Å²) >= 11 is 0. The Balaban J connectivity index is 1.61. The average Bonchev–Trinajstić information content (AvgIpc) is 3.21. The van der Waals surface area contributed by atoms with E-state index in [9.17, 15) is 9.90 Å². The first-order valence-corrected chi connectivity index (χ1v) is 7.93. The van der Waals surface area contributed by atoms with E-state index in [1.807, 2.05) is 54.6 Å². The van der Waals surface area contributed by atoms with Gasteiger partial charge < -0.3 is 14.8 Å². The summed E-state index contributed by atoms with van der Waals surface area (Å²) in [7, 11) is 0. The molecule has 0 radical (unpaired) electrons. The van der Waals surface area contributed by atoms with Crippen molar-refractivity contribution in [3.8, 4) is 11.1 Å². The van der Waals surface area contributed by atoms with Crippen LogP contribution in [-0.4, -0.2) is 17.1 Å². The van der Waals surface area contributed by atoms with E-state index < -0.39 is 12.1 Å². The molecule has 1 amide bonds. The Kier molecular flexibility index (Phi) is 3.67. The van der Waals surface area contributed by atoms with Gasteiger partial charge in [0.25, 0.3) is 5.91 Å². The molecule has 0 saturated carbocycles. The monoisotopic (exact) mass is 319 g/mol. The van der Waals surface area contributed by atoms with Crippen LogP contribution in [0.4, 0.5) is 0 Å². The van der Waals surface area contributed by atoms with Gasteiger partial charge in [0, 0.05) is 12.0 Å². The Morgan fingerprint density at radius 1 is 1.04 bits per heavy atom. The normalized spacial score (nSPS) is 19.0. The van der Waals surface area contributed by atoms with Crippen LogP contribution in [0, 0.1) is 0 Å². The molecule has 0 spiro atoms. The molecule has 2 aromatic carbocycles. The summed E-state index contributed by atoms with van der Waals surface area (Å²) in [5.41, 5.74) is 3.70. The molecule has 2 N–H and O–H groups in total. The van der Waals surface area contributed by atoms with Gasteiger partial charge in [0.2, 0.25) is 0 Å². The second kappa shape index (κ2) is 5.98. The fourth-order valence-electron chi connectivity index (χ4n) is 3.28. The minimum atomic E-state index is -0.624. The summed E-state index contributed by atoms with van der Waals surface area (Å²) in [6.07, 6.45) is 1.43. The maximum absolute atomic E-state index is 12.7. The summed E-state index contributed by atoms with van der Waals surface area (Å²) in [5, 5.41) is 13.2. The van der Waals surface area contributed by atoms with Crippen LogP contribution >= 0.6 is 0 Å². The van der Waals surface area contributed by atoms with Gasteiger partial charge in [-0.1, -0.05) is 54.6 Å². The van der Waals surface area contributed by atoms with Crippen LogP contribution in [0.15, 0.2) is 71.3 Å². The first-order valence-electron chi connectivity index (χ1n) is 7.93. The zero-order chi connectivity index (χ0) is 16.5. The van der Waals surface area contributed by atoms with E-state index in [0.29, 0.717) is 6.42 Å². The predicted molar refractivity (Wildman–Crippen MR) is 90.5 cm³/mol. The minimum Gasteiger partial charge on any atom is -0.459 e. The largest absolute Gasteiger partial charge is 0.459 e. The van der Waals surface area contributed by atoms with Gasteiger partial charge in [-0.2, -0.15) is 0 Å². The molecule has 3 aromatic rings. The smallest absolute Gasteiger partial charge is 0.288 e. The fraction of sp³-hybridized carbons (Fsp3) is 0.150. The lowest BCUT2D eigenvalue weighted by molar-refractivity contribution is 0.0832. The van der Waals surface area contributed by atoms with Gasteiger partial charge in [-0.15, -0.1) is 0 Å². The lowest BCUT2D eigenvalue weighted by Crippen LogP contribution is -2.33. The molecule has 2 atom stereocenters. The third-order valence-corrected chi connectivity index (χ3v) is 4.45. The van der Waals surface area contributed by atoms with Crippen molar-refractivity contribution >= 4 is 5.91 Å². The number of fused-ring (bicyclic) bond motifs is 1. The summed E-state index contributed by atoms with van der Waals surface area (Å²) < 4.78 is 5.42. The quantitative estimate of drug-likeness (QED) is 0.778. The van der Waals surface area contributed by atoms with Gasteiger partial charge in [-0.3, -0.25) is 4.79 Å². The van der Waals surface area contributed by atoms with E-state index in [-0.39, 0.29) is 11.7 Å². The summed E-state index contributed by atoms with van der Waals surface area (Å²) in [4.78, 5) is 12.7. The molecule has 4 heteroatoms. The van der Waals surface area contributed by atoms with Gasteiger partial charge in [0.05, 0.1) is 18.4 Å². The third kappa shape index (κ3) is 2.51. The van der Waals surface area contributed by atoms with Crippen molar-refractivity contribution in [2.45, 2.75) is 18.6 Å². The molecule has 1 heterocycles. The molecule has 1 aliphatic rings. The first-order chi connectivity index (χ1) is 11.7. The molecule has 120 valence electrons. The highest BCUT2D eigenvalue weighted by atomic mass is 16.3. The standard InChI is InChI=1S/C20H17NO3/c22-17-12-14-8-4-5-9-15(14)18(17)21-20(23)19-16(10-11-24-19)13-6-2-1-3-7-13/h1-11,17-18,22H,12H2,(H,21,23). The number of carbonyl (C=O) groups is 1. The van der Waals surface area contributed by atoms with Crippen LogP contribution in [0.2, 0.25) is 0 Å². The van der Waals surface area contributed by atoms with Crippen molar-refractivity contribution < 1.29 is 14.3 Å². The third-order valence-electron chi connectivity index (χ3n) is 4.45. The maximum Gasteiger partial charge on any atom is 0.288 e. The first kappa shape index (κ1) is 14.7. The van der Waals surface area contributed by atoms with Crippen molar-refractivity contribution in [1.82, 2.24) is 5.32 Å². The van der Waals surface area contributed by atoms with Crippen LogP contribution in [0.3, 0.4) is 0 Å². The Labute approximate surface area is 139 Å². The topological polar surface area (TPSA) is 62.5 Å². The number of furan rings is 1. The SMILES string of the molecule is O=C(NC1c2ccccc2CC1O)c1occc1-c1ccccc1. The maximum atomic E-state index is 12.7. The van der Waals surface area contributed by atoms with Crippen LogP contribution in [0.5, 0.6) is 0 Å². The summed E-state index contributed by atoms with van der Waals surface area (Å²) in [5.74, 6) is -0.0580. The van der Waals surface area contributed by atoms with Gasteiger partial charge in [-0.25, -0.2) is 0 Å². The van der Waals surface area contributed by atoms with E-state index in [1.165, 1.54) is 6.26 Å². The summed E-state index contributed by atoms with van der Waals surface area (Å²) in [6.45, 7) is 0. The number of aliphatic hydroxyl groups excluding tert-OH is 1. The van der Waals surface area contributed by atoms with E-state index >= 15 is 0 Å². The van der Waals surface area contributed by atoms with Gasteiger partial charge in [-0.05, 0) is 22.8 Å². The molecule has 1 aliphatic carbocycles. The number of aliphatic hydroxyl groups is 1. The van der Waals surface area contributed by atoms with Crippen molar-refractivity contribution in [2.24, 2.45) is 0 Å². The van der Waals surface area contributed by atoms with Crippen molar-refractivity contribution in [3.05, 3.63) is 83.8 Å². The second-order valence-electron chi connectivity index (χ2n) is 5.95. The number of hydrogen-bond donors (Lipinski definition) is 2. The number of carbonyl (C=O) groups excluding carboxylic acids is 1. The Morgan fingerprint density at radius 2 is 1.79 bits per heavy atom. The number of nitrogens with one attached hydrogen (secondary N) is 1. The molecule has 1 aromatic heterocycles. The molecule has 0 fully saturated rings. The molecule has 4 rings (SSSR count). The van der Waals surface area contributed by atoms with Crippen LogP contribution < -0.4 is 5.32 Å². The Morgan fingerprint density at radius 3 is 2.62 bits per heavy atom. The van der Waals surface area contributed by atoms with Crippen molar-refractivity contribution in [3.63, 3.8) is 0 Å². The molecular formula is C20H17NO3. The lowest BCUT2D eigenvalue weighted by Gasteiger charge is -2.17. The van der Waals surface area contributed by atoms with Crippen molar-refractivity contribution in [1.29, 1.82) is 0 Å².